The standard InChI is InChI=1S/C8H11N3O3/c1-3-11-6(7(12)9-2)5(4-10-11)8(13)14/h4H,3H2,1-2H3,(H,9,12)(H,13,14). The van der Waals surface area contributed by atoms with E-state index in [1.807, 2.05) is 0 Å². The maximum absolute atomic E-state index is 11.3. The van der Waals surface area contributed by atoms with Crippen LogP contribution in [0.4, 0.5) is 0 Å². The number of aromatic nitrogens is 2. The molecule has 0 aliphatic heterocycles. The molecule has 0 aromatic carbocycles. The normalized spacial score (nSPS) is 9.86. The van der Waals surface area contributed by atoms with Gasteiger partial charge in [0.15, 0.2) is 0 Å². The minimum absolute atomic E-state index is 0.0776. The van der Waals surface area contributed by atoms with Crippen molar-refractivity contribution >= 4 is 11.9 Å². The molecule has 0 fully saturated rings. The topological polar surface area (TPSA) is 84.2 Å². The fourth-order valence-electron chi connectivity index (χ4n) is 1.14. The third kappa shape index (κ3) is 1.59. The number of carboxylic acids is 1. The quantitative estimate of drug-likeness (QED) is 0.712. The number of carboxylic acid groups (broad SMARTS) is 1. The number of hydrogen-bond acceptors (Lipinski definition) is 3. The number of nitrogens with zero attached hydrogens (tertiary/aromatic N) is 2. The Bertz CT molecular complexity index is 370. The van der Waals surface area contributed by atoms with Crippen LogP contribution in [0.25, 0.3) is 0 Å². The Morgan fingerprint density at radius 1 is 1.64 bits per heavy atom. The summed E-state index contributed by atoms with van der Waals surface area (Å²) in [6, 6.07) is 0. The summed E-state index contributed by atoms with van der Waals surface area (Å²) in [5, 5.41) is 15.0. The first-order chi connectivity index (χ1) is 6.61. The summed E-state index contributed by atoms with van der Waals surface area (Å²) in [6.45, 7) is 2.24. The molecule has 0 atom stereocenters. The monoisotopic (exact) mass is 197 g/mol. The summed E-state index contributed by atoms with van der Waals surface area (Å²) in [6.07, 6.45) is 1.18. The lowest BCUT2D eigenvalue weighted by atomic mass is 10.2. The number of aromatic carboxylic acids is 1. The Kier molecular flexibility index (Phi) is 2.85. The average Bonchev–Trinajstić information content (AvgIpc) is 2.59. The molecule has 1 aromatic heterocycles. The van der Waals surface area contributed by atoms with Gasteiger partial charge in [0, 0.05) is 13.6 Å². The van der Waals surface area contributed by atoms with E-state index in [4.69, 9.17) is 5.11 Å². The lowest BCUT2D eigenvalue weighted by Gasteiger charge is -2.03. The minimum atomic E-state index is -1.15. The number of aryl methyl sites for hydroxylation is 1. The highest BCUT2D eigenvalue weighted by Gasteiger charge is 2.21. The number of amides is 1. The first kappa shape index (κ1) is 10.2. The molecule has 6 heteroatoms. The van der Waals surface area contributed by atoms with E-state index in [-0.39, 0.29) is 11.3 Å². The molecule has 0 unspecified atom stereocenters. The van der Waals surface area contributed by atoms with Crippen LogP contribution < -0.4 is 5.32 Å². The van der Waals surface area contributed by atoms with Crippen molar-refractivity contribution in [3.8, 4) is 0 Å². The molecule has 0 radical (unpaired) electrons. The third-order valence-corrected chi connectivity index (χ3v) is 1.81. The highest BCUT2D eigenvalue weighted by Crippen LogP contribution is 2.08. The first-order valence-corrected chi connectivity index (χ1v) is 4.13. The zero-order valence-corrected chi connectivity index (χ0v) is 7.94. The highest BCUT2D eigenvalue weighted by molar-refractivity contribution is 6.03. The number of carbonyl (C=O) groups is 2. The molecule has 0 spiro atoms. The molecular weight excluding hydrogens is 186 g/mol. The second-order valence-electron chi connectivity index (χ2n) is 2.61. The summed E-state index contributed by atoms with van der Waals surface area (Å²) < 4.78 is 1.35. The number of nitrogens with one attached hydrogen (secondary N) is 1. The summed E-state index contributed by atoms with van der Waals surface area (Å²) in [4.78, 5) is 22.1. The van der Waals surface area contributed by atoms with E-state index in [1.54, 1.807) is 6.92 Å². The van der Waals surface area contributed by atoms with E-state index in [2.05, 4.69) is 10.4 Å². The molecule has 0 aliphatic rings. The molecule has 6 nitrogen and oxygen atoms in total. The lowest BCUT2D eigenvalue weighted by molar-refractivity contribution is 0.0690. The highest BCUT2D eigenvalue weighted by atomic mass is 16.4. The summed E-state index contributed by atoms with van der Waals surface area (Å²) >= 11 is 0. The van der Waals surface area contributed by atoms with Crippen LogP contribution in [0.2, 0.25) is 0 Å². The van der Waals surface area contributed by atoms with Crippen LogP contribution in [-0.2, 0) is 6.54 Å². The lowest BCUT2D eigenvalue weighted by Crippen LogP contribution is -2.24. The third-order valence-electron chi connectivity index (χ3n) is 1.81. The van der Waals surface area contributed by atoms with Gasteiger partial charge in [-0.05, 0) is 6.92 Å². The predicted molar refractivity (Wildman–Crippen MR) is 48.3 cm³/mol. The van der Waals surface area contributed by atoms with Crippen molar-refractivity contribution in [3.05, 3.63) is 17.5 Å². The minimum Gasteiger partial charge on any atom is -0.478 e. The molecule has 1 amide bonds. The number of rotatable bonds is 3. The fourth-order valence-corrected chi connectivity index (χ4v) is 1.14. The van der Waals surface area contributed by atoms with E-state index < -0.39 is 11.9 Å². The molecule has 2 N–H and O–H groups in total. The maximum atomic E-state index is 11.3. The summed E-state index contributed by atoms with van der Waals surface area (Å²) in [5.74, 6) is -1.59. The van der Waals surface area contributed by atoms with Gasteiger partial charge >= 0.3 is 5.97 Å². The van der Waals surface area contributed by atoms with Gasteiger partial charge in [-0.15, -0.1) is 0 Å². The molecule has 14 heavy (non-hydrogen) atoms. The second kappa shape index (κ2) is 3.91. The predicted octanol–water partition coefficient (Wildman–Crippen LogP) is -0.0392. The first-order valence-electron chi connectivity index (χ1n) is 4.13. The van der Waals surface area contributed by atoms with Gasteiger partial charge in [0.2, 0.25) is 0 Å². The van der Waals surface area contributed by atoms with Crippen LogP contribution in [0.3, 0.4) is 0 Å². The van der Waals surface area contributed by atoms with E-state index >= 15 is 0 Å². The van der Waals surface area contributed by atoms with Crippen LogP contribution in [0.1, 0.15) is 27.8 Å². The Morgan fingerprint density at radius 2 is 2.29 bits per heavy atom. The van der Waals surface area contributed by atoms with E-state index in [0.717, 1.165) is 0 Å². The Morgan fingerprint density at radius 3 is 2.71 bits per heavy atom. The molecule has 76 valence electrons. The van der Waals surface area contributed by atoms with Crippen molar-refractivity contribution in [1.82, 2.24) is 15.1 Å². The second-order valence-corrected chi connectivity index (χ2v) is 2.61. The van der Waals surface area contributed by atoms with Crippen molar-refractivity contribution in [1.29, 1.82) is 0 Å². The zero-order chi connectivity index (χ0) is 10.7. The van der Waals surface area contributed by atoms with Gasteiger partial charge in [-0.25, -0.2) is 4.79 Å². The average molecular weight is 197 g/mol. The van der Waals surface area contributed by atoms with Crippen molar-refractivity contribution in [3.63, 3.8) is 0 Å². The largest absolute Gasteiger partial charge is 0.478 e. The molecule has 0 saturated heterocycles. The Balaban J connectivity index is 3.26. The van der Waals surface area contributed by atoms with Crippen molar-refractivity contribution in [2.45, 2.75) is 13.5 Å². The van der Waals surface area contributed by atoms with Gasteiger partial charge in [0.1, 0.15) is 11.3 Å². The SMILES string of the molecule is CCn1ncc(C(=O)O)c1C(=O)NC. The summed E-state index contributed by atoms with van der Waals surface area (Å²) in [5.41, 5.74) is 0.00806. The molecule has 1 rings (SSSR count). The van der Waals surface area contributed by atoms with Gasteiger partial charge in [-0.2, -0.15) is 5.10 Å². The van der Waals surface area contributed by atoms with E-state index in [9.17, 15) is 9.59 Å². The number of hydrogen-bond donors (Lipinski definition) is 2. The van der Waals surface area contributed by atoms with Crippen molar-refractivity contribution in [2.75, 3.05) is 7.05 Å². The van der Waals surface area contributed by atoms with Gasteiger partial charge < -0.3 is 10.4 Å². The molecule has 1 aromatic rings. The van der Waals surface area contributed by atoms with Gasteiger partial charge in [0.05, 0.1) is 6.20 Å². The van der Waals surface area contributed by atoms with E-state index in [1.165, 1.54) is 17.9 Å². The number of carbonyl (C=O) groups excluding carboxylic acids is 1. The van der Waals surface area contributed by atoms with Gasteiger partial charge in [0.25, 0.3) is 5.91 Å². The van der Waals surface area contributed by atoms with Crippen molar-refractivity contribution < 1.29 is 14.7 Å². The van der Waals surface area contributed by atoms with E-state index in [0.29, 0.717) is 6.54 Å². The smallest absolute Gasteiger partial charge is 0.339 e. The molecule has 0 bridgehead atoms. The van der Waals surface area contributed by atoms with Crippen molar-refractivity contribution in [2.24, 2.45) is 0 Å². The van der Waals surface area contributed by atoms with Crippen LogP contribution in [0, 0.1) is 0 Å². The maximum Gasteiger partial charge on any atom is 0.339 e. The Labute approximate surface area is 80.5 Å². The van der Waals surface area contributed by atoms with Crippen LogP contribution in [0.5, 0.6) is 0 Å². The van der Waals surface area contributed by atoms with Gasteiger partial charge in [-0.3, -0.25) is 9.48 Å². The molecule has 0 aliphatic carbocycles. The Hall–Kier alpha value is -1.85. The molecule has 1 heterocycles. The van der Waals surface area contributed by atoms with Crippen LogP contribution >= 0.6 is 0 Å². The summed E-state index contributed by atoms with van der Waals surface area (Å²) in [7, 11) is 1.45. The molecule has 0 saturated carbocycles. The van der Waals surface area contributed by atoms with Crippen LogP contribution in [-0.4, -0.2) is 33.8 Å². The fraction of sp³-hybridized carbons (Fsp3) is 0.375. The van der Waals surface area contributed by atoms with Crippen LogP contribution in [0.15, 0.2) is 6.20 Å². The van der Waals surface area contributed by atoms with Gasteiger partial charge in [-0.1, -0.05) is 0 Å². The molecular formula is C8H11N3O3. The zero-order valence-electron chi connectivity index (χ0n) is 7.94.